The van der Waals surface area contributed by atoms with Gasteiger partial charge < -0.3 is 0 Å². The lowest BCUT2D eigenvalue weighted by Gasteiger charge is -2.13. The maximum absolute atomic E-state index is 2.38. The first-order valence-electron chi connectivity index (χ1n) is 6.80. The van der Waals surface area contributed by atoms with Crippen LogP contribution >= 0.6 is 0 Å². The third kappa shape index (κ3) is 1.53. The molecule has 0 spiro atoms. The van der Waals surface area contributed by atoms with E-state index in [9.17, 15) is 0 Å². The van der Waals surface area contributed by atoms with Gasteiger partial charge in [-0.15, -0.1) is 0 Å². The van der Waals surface area contributed by atoms with Crippen LogP contribution in [-0.2, 0) is 0 Å². The summed E-state index contributed by atoms with van der Waals surface area (Å²) in [7, 11) is 0. The average Bonchev–Trinajstić information content (AvgIpc) is 2.53. The first-order chi connectivity index (χ1) is 9.14. The minimum atomic E-state index is 0.108. The average molecular weight is 244 g/mol. The number of hydrogen-bond acceptors (Lipinski definition) is 0. The Morgan fingerprint density at radius 2 is 1.53 bits per heavy atom. The number of benzene rings is 3. The molecule has 1 aliphatic carbocycles. The molecule has 92 valence electrons. The Hall–Kier alpha value is -2.08. The molecular formula is C19H16. The Morgan fingerprint density at radius 3 is 2.32 bits per heavy atom. The molecule has 1 aliphatic rings. The second kappa shape index (κ2) is 3.48. The molecule has 0 N–H and O–H groups in total. The van der Waals surface area contributed by atoms with E-state index in [2.05, 4.69) is 74.5 Å². The Morgan fingerprint density at radius 1 is 0.789 bits per heavy atom. The fraction of sp³-hybridized carbons (Fsp3) is 0.158. The Balaban J connectivity index is 2.34. The van der Waals surface area contributed by atoms with Crippen LogP contribution in [0.15, 0.2) is 48.5 Å². The van der Waals surface area contributed by atoms with E-state index in [1.54, 1.807) is 0 Å². The first kappa shape index (κ1) is 10.8. The molecule has 19 heavy (non-hydrogen) atoms. The molecule has 4 rings (SSSR count). The van der Waals surface area contributed by atoms with Crippen LogP contribution < -0.4 is 5.22 Å². The summed E-state index contributed by atoms with van der Waals surface area (Å²) in [4.78, 5) is 0. The smallest absolute Gasteiger partial charge is 0.00169 e. The van der Waals surface area contributed by atoms with Crippen LogP contribution in [0.1, 0.15) is 19.4 Å². The largest absolute Gasteiger partial charge is 0.0744 e. The molecule has 0 radical (unpaired) electrons. The second-order valence-electron chi connectivity index (χ2n) is 6.06. The van der Waals surface area contributed by atoms with Crippen LogP contribution in [-0.4, -0.2) is 0 Å². The van der Waals surface area contributed by atoms with E-state index in [0.29, 0.717) is 0 Å². The molecule has 0 bridgehead atoms. The maximum Gasteiger partial charge on any atom is 0.00169 e. The summed E-state index contributed by atoms with van der Waals surface area (Å²) in [5, 5.41) is 6.82. The maximum atomic E-state index is 2.38. The van der Waals surface area contributed by atoms with Gasteiger partial charge in [-0.25, -0.2) is 0 Å². The van der Waals surface area contributed by atoms with Gasteiger partial charge >= 0.3 is 0 Å². The summed E-state index contributed by atoms with van der Waals surface area (Å²) in [6.45, 7) is 4.52. The molecule has 0 heteroatoms. The summed E-state index contributed by atoms with van der Waals surface area (Å²) >= 11 is 0. The summed E-state index contributed by atoms with van der Waals surface area (Å²) in [5.41, 5.74) is 1.44. The summed E-state index contributed by atoms with van der Waals surface area (Å²) in [6.07, 6.45) is 6.95. The van der Waals surface area contributed by atoms with Crippen LogP contribution in [0.25, 0.3) is 33.7 Å². The van der Waals surface area contributed by atoms with Crippen molar-refractivity contribution in [2.24, 2.45) is 5.41 Å². The molecule has 3 aromatic carbocycles. The van der Waals surface area contributed by atoms with E-state index in [-0.39, 0.29) is 5.41 Å². The van der Waals surface area contributed by atoms with Gasteiger partial charge in [0.2, 0.25) is 0 Å². The summed E-state index contributed by atoms with van der Waals surface area (Å²) in [5.74, 6) is 0. The molecule has 0 unspecified atom stereocenters. The fourth-order valence-corrected chi connectivity index (χ4v) is 3.15. The Bertz CT molecular complexity index is 863. The topological polar surface area (TPSA) is 0 Å². The molecular weight excluding hydrogens is 228 g/mol. The van der Waals surface area contributed by atoms with E-state index >= 15 is 0 Å². The first-order valence-corrected chi connectivity index (χ1v) is 6.80. The number of rotatable bonds is 0. The van der Waals surface area contributed by atoms with Gasteiger partial charge in [-0.1, -0.05) is 74.5 Å². The predicted molar refractivity (Wildman–Crippen MR) is 84.0 cm³/mol. The highest BCUT2D eigenvalue weighted by Gasteiger charge is 2.15. The molecule has 0 fully saturated rings. The molecule has 0 amide bonds. The highest BCUT2D eigenvalue weighted by Crippen LogP contribution is 2.31. The number of allylic oxidation sites excluding steroid dienone is 1. The lowest BCUT2D eigenvalue weighted by Crippen LogP contribution is -2.10. The molecule has 0 heterocycles. The minimum Gasteiger partial charge on any atom is -0.0744 e. The molecule has 3 aromatic rings. The van der Waals surface area contributed by atoms with Crippen LogP contribution in [0.2, 0.25) is 0 Å². The van der Waals surface area contributed by atoms with Crippen molar-refractivity contribution in [1.29, 1.82) is 0 Å². The van der Waals surface area contributed by atoms with Crippen molar-refractivity contribution in [3.8, 4) is 0 Å². The Labute approximate surface area is 113 Å². The van der Waals surface area contributed by atoms with Gasteiger partial charge in [0.25, 0.3) is 0 Å². The van der Waals surface area contributed by atoms with E-state index in [0.717, 1.165) is 0 Å². The lowest BCUT2D eigenvalue weighted by atomic mass is 9.92. The van der Waals surface area contributed by atoms with Gasteiger partial charge in [-0.05, 0) is 32.3 Å². The highest BCUT2D eigenvalue weighted by molar-refractivity contribution is 6.13. The van der Waals surface area contributed by atoms with E-state index in [1.165, 1.54) is 32.3 Å². The fourth-order valence-electron chi connectivity index (χ4n) is 3.15. The molecule has 0 saturated heterocycles. The van der Waals surface area contributed by atoms with Gasteiger partial charge in [0.05, 0.1) is 0 Å². The SMILES string of the molecule is CC1(C)C=Cc2ccc3cccc4ccc(c2c34)=C1. The van der Waals surface area contributed by atoms with Crippen molar-refractivity contribution in [1.82, 2.24) is 0 Å². The van der Waals surface area contributed by atoms with E-state index in [4.69, 9.17) is 0 Å². The zero-order valence-electron chi connectivity index (χ0n) is 11.3. The normalized spacial score (nSPS) is 16.5. The van der Waals surface area contributed by atoms with Gasteiger partial charge in [0, 0.05) is 5.41 Å². The van der Waals surface area contributed by atoms with Crippen LogP contribution in [0.5, 0.6) is 0 Å². The second-order valence-corrected chi connectivity index (χ2v) is 6.06. The summed E-state index contributed by atoms with van der Waals surface area (Å²) in [6, 6.07) is 15.5. The van der Waals surface area contributed by atoms with Crippen molar-refractivity contribution >= 4 is 33.7 Å². The standard InChI is InChI=1S/C19H16/c1-19(2)11-10-15-7-6-13-4-3-5-14-8-9-16(12-19)18(15)17(13)14/h3-12H,1-2H3. The third-order valence-electron chi connectivity index (χ3n) is 4.06. The van der Waals surface area contributed by atoms with E-state index < -0.39 is 0 Å². The van der Waals surface area contributed by atoms with Gasteiger partial charge in [-0.3, -0.25) is 0 Å². The molecule has 0 saturated carbocycles. The highest BCUT2D eigenvalue weighted by atomic mass is 14.2. The number of hydrogen-bond donors (Lipinski definition) is 0. The monoisotopic (exact) mass is 244 g/mol. The molecule has 0 aliphatic heterocycles. The van der Waals surface area contributed by atoms with Crippen LogP contribution in [0, 0.1) is 5.41 Å². The zero-order chi connectivity index (χ0) is 13.0. The van der Waals surface area contributed by atoms with Crippen LogP contribution in [0.4, 0.5) is 0 Å². The van der Waals surface area contributed by atoms with Crippen molar-refractivity contribution < 1.29 is 0 Å². The van der Waals surface area contributed by atoms with Crippen LogP contribution in [0.3, 0.4) is 0 Å². The third-order valence-corrected chi connectivity index (χ3v) is 4.06. The van der Waals surface area contributed by atoms with Crippen molar-refractivity contribution in [2.75, 3.05) is 0 Å². The van der Waals surface area contributed by atoms with E-state index in [1.807, 2.05) is 0 Å². The minimum absolute atomic E-state index is 0.108. The quantitative estimate of drug-likeness (QED) is 0.544. The zero-order valence-corrected chi connectivity index (χ0v) is 11.3. The Kier molecular flexibility index (Phi) is 1.98. The predicted octanol–water partition coefficient (Wildman–Crippen LogP) is 4.55. The van der Waals surface area contributed by atoms with Gasteiger partial charge in [-0.2, -0.15) is 0 Å². The summed E-state index contributed by atoms with van der Waals surface area (Å²) < 4.78 is 0. The van der Waals surface area contributed by atoms with Crippen molar-refractivity contribution in [3.05, 3.63) is 59.3 Å². The van der Waals surface area contributed by atoms with Gasteiger partial charge in [0.15, 0.2) is 0 Å². The van der Waals surface area contributed by atoms with Crippen molar-refractivity contribution in [3.63, 3.8) is 0 Å². The van der Waals surface area contributed by atoms with Crippen molar-refractivity contribution in [2.45, 2.75) is 13.8 Å². The lowest BCUT2D eigenvalue weighted by molar-refractivity contribution is 0.674. The molecule has 0 atom stereocenters. The molecule has 0 nitrogen and oxygen atoms in total. The van der Waals surface area contributed by atoms with Gasteiger partial charge in [0.1, 0.15) is 0 Å². The molecule has 0 aromatic heterocycles.